The Balaban J connectivity index is 1.08. The molecule has 0 aliphatic carbocycles. The van der Waals surface area contributed by atoms with Gasteiger partial charge in [-0.25, -0.2) is 9.37 Å². The van der Waals surface area contributed by atoms with Gasteiger partial charge in [0.05, 0.1) is 40.3 Å². The zero-order valence-electron chi connectivity index (χ0n) is 25.9. The molecule has 1 fully saturated rings. The van der Waals surface area contributed by atoms with Gasteiger partial charge in [0, 0.05) is 40.9 Å². The number of aromatic nitrogens is 6. The maximum absolute atomic E-state index is 14.8. The van der Waals surface area contributed by atoms with Crippen LogP contribution in [0, 0.1) is 5.82 Å². The first kappa shape index (κ1) is 29.5. The van der Waals surface area contributed by atoms with Crippen LogP contribution in [0.2, 0.25) is 0 Å². The van der Waals surface area contributed by atoms with Crippen molar-refractivity contribution in [1.82, 2.24) is 35.0 Å². The molecule has 0 radical (unpaired) electrons. The topological polar surface area (TPSA) is 125 Å². The van der Waals surface area contributed by atoms with Crippen LogP contribution in [0.1, 0.15) is 23.2 Å². The van der Waals surface area contributed by atoms with Crippen LogP contribution < -0.4 is 10.1 Å². The number of aromatic amines is 2. The summed E-state index contributed by atoms with van der Waals surface area (Å²) in [5.74, 6) is 0.460. The smallest absolute Gasteiger partial charge is 0.255 e. The number of carbonyl (C=O) groups excluding carboxylic acids is 1. The molecule has 1 aliphatic rings. The zero-order valence-corrected chi connectivity index (χ0v) is 25.9. The van der Waals surface area contributed by atoms with Crippen LogP contribution in [0.15, 0.2) is 97.5 Å². The van der Waals surface area contributed by atoms with Gasteiger partial charge in [-0.3, -0.25) is 24.8 Å². The summed E-state index contributed by atoms with van der Waals surface area (Å²) in [6.45, 7) is 3.50. The monoisotopic (exact) mass is 638 g/mol. The van der Waals surface area contributed by atoms with Gasteiger partial charge in [0.2, 0.25) is 0 Å². The average Bonchev–Trinajstić information content (AvgIpc) is 3.88. The van der Waals surface area contributed by atoms with Crippen molar-refractivity contribution in [2.24, 2.45) is 0 Å². The van der Waals surface area contributed by atoms with Crippen LogP contribution in [0.4, 0.5) is 10.1 Å². The summed E-state index contributed by atoms with van der Waals surface area (Å²) in [5, 5.41) is 11.3. The SMILES string of the molecule is O=C(Nc1cncc(-c2cc3c(-c4nc5c(-c6cc(F)cc(OCCN7CCCC7)c6)cccc5[nH]4)n[nH]c3cn2)c1)c1ccccc1. The molecule has 3 N–H and O–H groups in total. The molecule has 11 heteroatoms. The number of imidazole rings is 1. The van der Waals surface area contributed by atoms with Crippen molar-refractivity contribution in [3.8, 4) is 39.7 Å². The van der Waals surface area contributed by atoms with Crippen LogP contribution >= 0.6 is 0 Å². The lowest BCUT2D eigenvalue weighted by Gasteiger charge is -2.15. The number of halogens is 1. The number of amides is 1. The third kappa shape index (κ3) is 5.98. The van der Waals surface area contributed by atoms with Crippen molar-refractivity contribution in [3.63, 3.8) is 0 Å². The molecule has 1 amide bonds. The van der Waals surface area contributed by atoms with E-state index in [1.165, 1.54) is 25.0 Å². The molecular weight excluding hydrogens is 607 g/mol. The van der Waals surface area contributed by atoms with E-state index in [1.54, 1.807) is 30.7 Å². The Morgan fingerprint density at radius 3 is 2.67 bits per heavy atom. The van der Waals surface area contributed by atoms with Crippen molar-refractivity contribution < 1.29 is 13.9 Å². The molecular formula is C37H31FN8O2. The summed E-state index contributed by atoms with van der Waals surface area (Å²) in [7, 11) is 0. The molecule has 48 heavy (non-hydrogen) atoms. The maximum Gasteiger partial charge on any atom is 0.255 e. The van der Waals surface area contributed by atoms with E-state index in [4.69, 9.17) is 9.72 Å². The largest absolute Gasteiger partial charge is 0.492 e. The standard InChI is InChI=1S/C37H31FN8O2/c38-26-15-24(17-28(18-26)48-14-13-46-11-4-5-12-46)29-9-6-10-31-34(29)43-36(42-31)35-30-19-32(40-22-33(30)44-45-35)25-16-27(21-39-20-25)41-37(47)23-7-2-1-3-8-23/h1-3,6-10,15-22H,4-5,11-14H2,(H,41,47)(H,42,43)(H,44,45). The number of pyridine rings is 2. The van der Waals surface area contributed by atoms with Crippen LogP contribution in [-0.2, 0) is 0 Å². The van der Waals surface area contributed by atoms with Crippen molar-refractivity contribution in [2.75, 3.05) is 31.6 Å². The second-order valence-corrected chi connectivity index (χ2v) is 11.8. The highest BCUT2D eigenvalue weighted by molar-refractivity contribution is 6.04. The second-order valence-electron chi connectivity index (χ2n) is 11.8. The molecule has 0 saturated carbocycles. The molecule has 1 saturated heterocycles. The minimum atomic E-state index is -0.368. The van der Waals surface area contributed by atoms with Gasteiger partial charge in [-0.05, 0) is 74.0 Å². The lowest BCUT2D eigenvalue weighted by molar-refractivity contribution is 0.102. The van der Waals surface area contributed by atoms with E-state index in [0.29, 0.717) is 51.9 Å². The van der Waals surface area contributed by atoms with E-state index in [1.807, 2.05) is 54.6 Å². The van der Waals surface area contributed by atoms with Crippen molar-refractivity contribution in [1.29, 1.82) is 0 Å². The van der Waals surface area contributed by atoms with E-state index in [-0.39, 0.29) is 11.7 Å². The fourth-order valence-electron chi connectivity index (χ4n) is 6.17. The number of H-pyrrole nitrogens is 2. The normalized spacial score (nSPS) is 13.4. The molecule has 0 bridgehead atoms. The fraction of sp³-hybridized carbons (Fsp3) is 0.162. The summed E-state index contributed by atoms with van der Waals surface area (Å²) in [6, 6.07) is 23.3. The lowest BCUT2D eigenvalue weighted by Crippen LogP contribution is -2.25. The average molecular weight is 639 g/mol. The Bertz CT molecular complexity index is 2260. The third-order valence-corrected chi connectivity index (χ3v) is 8.57. The number of hydrogen-bond acceptors (Lipinski definition) is 7. The molecule has 0 atom stereocenters. The number of hydrogen-bond donors (Lipinski definition) is 3. The molecule has 7 aromatic rings. The quantitative estimate of drug-likeness (QED) is 0.154. The van der Waals surface area contributed by atoms with Crippen molar-refractivity contribution in [2.45, 2.75) is 12.8 Å². The van der Waals surface area contributed by atoms with Gasteiger partial charge in [0.1, 0.15) is 23.9 Å². The van der Waals surface area contributed by atoms with Crippen LogP contribution in [0.25, 0.3) is 55.8 Å². The molecule has 1 aliphatic heterocycles. The number of para-hydroxylation sites is 1. The number of anilines is 1. The Kier molecular flexibility index (Phi) is 7.79. The molecule has 0 spiro atoms. The van der Waals surface area contributed by atoms with Gasteiger partial charge >= 0.3 is 0 Å². The maximum atomic E-state index is 14.8. The molecule has 0 unspecified atom stereocenters. The molecule has 238 valence electrons. The van der Waals surface area contributed by atoms with Gasteiger partial charge in [0.15, 0.2) is 5.82 Å². The number of nitrogens with one attached hydrogen (secondary N) is 3. The van der Waals surface area contributed by atoms with E-state index in [9.17, 15) is 9.18 Å². The van der Waals surface area contributed by atoms with Gasteiger partial charge in [-0.2, -0.15) is 5.10 Å². The number of likely N-dealkylation sites (tertiary alicyclic amines) is 1. The summed E-state index contributed by atoms with van der Waals surface area (Å²) in [5.41, 5.74) is 6.78. The predicted octanol–water partition coefficient (Wildman–Crippen LogP) is 7.10. The minimum absolute atomic E-state index is 0.223. The predicted molar refractivity (Wildman–Crippen MR) is 183 cm³/mol. The molecule has 5 heterocycles. The van der Waals surface area contributed by atoms with Crippen molar-refractivity contribution in [3.05, 3.63) is 109 Å². The summed E-state index contributed by atoms with van der Waals surface area (Å²) in [4.78, 5) is 32.4. The first-order valence-corrected chi connectivity index (χ1v) is 15.9. The Morgan fingerprint density at radius 1 is 0.917 bits per heavy atom. The van der Waals surface area contributed by atoms with Crippen LogP contribution in [0.3, 0.4) is 0 Å². The highest BCUT2D eigenvalue weighted by Gasteiger charge is 2.18. The lowest BCUT2D eigenvalue weighted by atomic mass is 10.0. The summed E-state index contributed by atoms with van der Waals surface area (Å²) < 4.78 is 20.8. The Hall–Kier alpha value is -5.94. The fourth-order valence-corrected chi connectivity index (χ4v) is 6.17. The number of nitrogens with zero attached hydrogens (tertiary/aromatic N) is 5. The minimum Gasteiger partial charge on any atom is -0.492 e. The van der Waals surface area contributed by atoms with Gasteiger partial charge in [-0.1, -0.05) is 30.3 Å². The van der Waals surface area contributed by atoms with Gasteiger partial charge in [-0.15, -0.1) is 0 Å². The van der Waals surface area contributed by atoms with E-state index in [2.05, 4.69) is 35.4 Å². The van der Waals surface area contributed by atoms with E-state index < -0.39 is 0 Å². The number of fused-ring (bicyclic) bond motifs is 2. The van der Waals surface area contributed by atoms with Crippen LogP contribution in [0.5, 0.6) is 5.75 Å². The second kappa shape index (κ2) is 12.7. The number of rotatable bonds is 9. The van der Waals surface area contributed by atoms with E-state index >= 15 is 0 Å². The molecule has 4 aromatic heterocycles. The van der Waals surface area contributed by atoms with Crippen LogP contribution in [-0.4, -0.2) is 67.2 Å². The van der Waals surface area contributed by atoms with E-state index in [0.717, 1.165) is 47.2 Å². The molecule has 8 rings (SSSR count). The number of carbonyl (C=O) groups is 1. The van der Waals surface area contributed by atoms with Gasteiger partial charge in [0.25, 0.3) is 5.91 Å². The third-order valence-electron chi connectivity index (χ3n) is 8.57. The summed E-state index contributed by atoms with van der Waals surface area (Å²) >= 11 is 0. The molecule has 10 nitrogen and oxygen atoms in total. The Morgan fingerprint density at radius 2 is 1.79 bits per heavy atom. The number of benzene rings is 3. The summed E-state index contributed by atoms with van der Waals surface area (Å²) in [6.07, 6.45) is 7.44. The first-order chi connectivity index (χ1) is 23.6. The van der Waals surface area contributed by atoms with Crippen molar-refractivity contribution >= 4 is 33.5 Å². The highest BCUT2D eigenvalue weighted by atomic mass is 19.1. The first-order valence-electron chi connectivity index (χ1n) is 15.9. The zero-order chi connectivity index (χ0) is 32.5. The highest BCUT2D eigenvalue weighted by Crippen LogP contribution is 2.34. The van der Waals surface area contributed by atoms with Gasteiger partial charge < -0.3 is 15.0 Å². The molecule has 3 aromatic carbocycles. The number of ether oxygens (including phenoxy) is 1. The Labute approximate surface area is 275 Å².